The van der Waals surface area contributed by atoms with E-state index in [1.54, 1.807) is 6.07 Å². The van der Waals surface area contributed by atoms with Crippen LogP contribution in [-0.2, 0) is 4.79 Å². The Labute approximate surface area is 131 Å². The van der Waals surface area contributed by atoms with Crippen LogP contribution in [0, 0.1) is 11.8 Å². The van der Waals surface area contributed by atoms with Gasteiger partial charge in [-0.25, -0.2) is 0 Å². The molecular formula is C17H23N3O2. The topological polar surface area (TPSA) is 61.4 Å². The maximum atomic E-state index is 12.6. The summed E-state index contributed by atoms with van der Waals surface area (Å²) in [5, 5.41) is 6.20. The molecule has 1 heterocycles. The van der Waals surface area contributed by atoms with Crippen LogP contribution >= 0.6 is 0 Å². The summed E-state index contributed by atoms with van der Waals surface area (Å²) >= 11 is 0. The van der Waals surface area contributed by atoms with Crippen LogP contribution in [0.15, 0.2) is 24.3 Å². The number of anilines is 1. The van der Waals surface area contributed by atoms with Gasteiger partial charge in [-0.05, 0) is 37.5 Å². The van der Waals surface area contributed by atoms with E-state index in [4.69, 9.17) is 0 Å². The number of hydrogen-bond acceptors (Lipinski definition) is 3. The number of carbonyl (C=O) groups is 2. The van der Waals surface area contributed by atoms with Gasteiger partial charge >= 0.3 is 0 Å². The lowest BCUT2D eigenvalue weighted by molar-refractivity contribution is -0.117. The van der Waals surface area contributed by atoms with Crippen molar-refractivity contribution in [3.05, 3.63) is 29.8 Å². The minimum atomic E-state index is 0.0323. The first-order valence-corrected chi connectivity index (χ1v) is 7.99. The molecule has 0 radical (unpaired) electrons. The molecule has 0 aromatic heterocycles. The third-order valence-corrected chi connectivity index (χ3v) is 4.59. The van der Waals surface area contributed by atoms with Crippen LogP contribution in [-0.4, -0.2) is 42.4 Å². The predicted octanol–water partition coefficient (Wildman–Crippen LogP) is 1.71. The van der Waals surface area contributed by atoms with Crippen LogP contribution in [0.3, 0.4) is 0 Å². The first-order valence-electron chi connectivity index (χ1n) is 7.99. The molecular weight excluding hydrogens is 278 g/mol. The Bertz CT molecular complexity index is 587. The molecule has 22 heavy (non-hydrogen) atoms. The number of carbonyl (C=O) groups excluding carboxylic acids is 2. The van der Waals surface area contributed by atoms with Gasteiger partial charge < -0.3 is 15.5 Å². The molecule has 1 aliphatic carbocycles. The summed E-state index contributed by atoms with van der Waals surface area (Å²) in [6.07, 6.45) is 0.961. The summed E-state index contributed by atoms with van der Waals surface area (Å²) in [4.78, 5) is 26.5. The molecule has 0 bridgehead atoms. The van der Waals surface area contributed by atoms with Crippen molar-refractivity contribution in [1.82, 2.24) is 10.2 Å². The molecule has 3 rings (SSSR count). The van der Waals surface area contributed by atoms with Crippen molar-refractivity contribution in [2.75, 3.05) is 25.0 Å². The highest BCUT2D eigenvalue weighted by molar-refractivity contribution is 5.98. The zero-order valence-electron chi connectivity index (χ0n) is 13.1. The summed E-state index contributed by atoms with van der Waals surface area (Å²) in [5.74, 6) is 0.705. The summed E-state index contributed by atoms with van der Waals surface area (Å²) in [7, 11) is 0. The van der Waals surface area contributed by atoms with Gasteiger partial charge in [-0.1, -0.05) is 13.0 Å². The molecule has 2 N–H and O–H groups in total. The van der Waals surface area contributed by atoms with E-state index in [0.717, 1.165) is 26.1 Å². The van der Waals surface area contributed by atoms with E-state index in [1.807, 2.05) is 30.0 Å². The van der Waals surface area contributed by atoms with Gasteiger partial charge in [0.05, 0.1) is 0 Å². The fourth-order valence-corrected chi connectivity index (χ4v) is 2.96. The monoisotopic (exact) mass is 301 g/mol. The number of amides is 2. The molecule has 2 aliphatic rings. The molecule has 1 aliphatic heterocycles. The van der Waals surface area contributed by atoms with Gasteiger partial charge in [-0.2, -0.15) is 0 Å². The van der Waals surface area contributed by atoms with Gasteiger partial charge in [-0.3, -0.25) is 9.59 Å². The Kier molecular flexibility index (Phi) is 4.16. The molecule has 3 atom stereocenters. The van der Waals surface area contributed by atoms with Crippen molar-refractivity contribution < 1.29 is 9.59 Å². The number of benzene rings is 1. The molecule has 5 heteroatoms. The van der Waals surface area contributed by atoms with Gasteiger partial charge in [-0.15, -0.1) is 0 Å². The average molecular weight is 301 g/mol. The Hall–Kier alpha value is -1.88. The molecule has 2 unspecified atom stereocenters. The number of piperazine rings is 1. The predicted molar refractivity (Wildman–Crippen MR) is 85.7 cm³/mol. The number of hydrogen-bond donors (Lipinski definition) is 2. The fourth-order valence-electron chi connectivity index (χ4n) is 2.96. The molecule has 1 saturated heterocycles. The number of nitrogens with one attached hydrogen (secondary N) is 2. The molecule has 2 fully saturated rings. The fraction of sp³-hybridized carbons (Fsp3) is 0.529. The number of rotatable bonds is 3. The number of nitrogens with zero attached hydrogens (tertiary/aromatic N) is 1. The molecule has 1 aromatic rings. The van der Waals surface area contributed by atoms with Gasteiger partial charge in [0.15, 0.2) is 0 Å². The van der Waals surface area contributed by atoms with Crippen molar-refractivity contribution >= 4 is 17.5 Å². The van der Waals surface area contributed by atoms with Gasteiger partial charge in [0.2, 0.25) is 5.91 Å². The maximum absolute atomic E-state index is 12.6. The van der Waals surface area contributed by atoms with Crippen LogP contribution in [0.1, 0.15) is 30.6 Å². The summed E-state index contributed by atoms with van der Waals surface area (Å²) in [5.41, 5.74) is 1.34. The van der Waals surface area contributed by atoms with Crippen molar-refractivity contribution in [2.24, 2.45) is 11.8 Å². The summed E-state index contributed by atoms with van der Waals surface area (Å²) in [6, 6.07) is 7.44. The minimum absolute atomic E-state index is 0.0323. The zero-order chi connectivity index (χ0) is 15.7. The second-order valence-electron chi connectivity index (χ2n) is 6.44. The average Bonchev–Trinajstić information content (AvgIpc) is 3.24. The highest BCUT2D eigenvalue weighted by atomic mass is 16.2. The summed E-state index contributed by atoms with van der Waals surface area (Å²) in [6.45, 7) is 6.49. The molecule has 1 aromatic carbocycles. The quantitative estimate of drug-likeness (QED) is 0.893. The van der Waals surface area contributed by atoms with Crippen LogP contribution in [0.25, 0.3) is 0 Å². The normalized spacial score (nSPS) is 27.4. The Balaban J connectivity index is 1.70. The molecule has 0 spiro atoms. The van der Waals surface area contributed by atoms with Crippen LogP contribution < -0.4 is 10.6 Å². The molecule has 118 valence electrons. The lowest BCUT2D eigenvalue weighted by Crippen LogP contribution is -2.52. The molecule has 1 saturated carbocycles. The second kappa shape index (κ2) is 6.08. The summed E-state index contributed by atoms with van der Waals surface area (Å²) < 4.78 is 0. The minimum Gasteiger partial charge on any atom is -0.333 e. The van der Waals surface area contributed by atoms with Crippen LogP contribution in [0.4, 0.5) is 5.69 Å². The highest BCUT2D eigenvalue weighted by Crippen LogP contribution is 2.38. The van der Waals surface area contributed by atoms with Gasteiger partial charge in [0.1, 0.15) is 0 Å². The first-order chi connectivity index (χ1) is 10.6. The van der Waals surface area contributed by atoms with Gasteiger partial charge in [0.25, 0.3) is 5.91 Å². The molecule has 5 nitrogen and oxygen atoms in total. The van der Waals surface area contributed by atoms with Crippen molar-refractivity contribution in [3.63, 3.8) is 0 Å². The third kappa shape index (κ3) is 3.14. The van der Waals surface area contributed by atoms with E-state index in [-0.39, 0.29) is 23.8 Å². The Morgan fingerprint density at radius 1 is 1.32 bits per heavy atom. The highest BCUT2D eigenvalue weighted by Gasteiger charge is 2.39. The SMILES string of the molecule is CC1CC1C(=O)Nc1cccc(C(=O)N2CCNC[C@@H]2C)c1. The lowest BCUT2D eigenvalue weighted by Gasteiger charge is -2.34. The van der Waals surface area contributed by atoms with E-state index in [1.165, 1.54) is 0 Å². The van der Waals surface area contributed by atoms with Crippen LogP contribution in [0.2, 0.25) is 0 Å². The standard InChI is InChI=1S/C17H23N3O2/c1-11-8-15(11)16(21)19-14-5-3-4-13(9-14)17(22)20-7-6-18-10-12(20)2/h3-5,9,11-12,15,18H,6-8,10H2,1-2H3,(H,19,21)/t11?,12-,15?/m0/s1. The lowest BCUT2D eigenvalue weighted by atomic mass is 10.1. The van der Waals surface area contributed by atoms with Gasteiger partial charge in [0, 0.05) is 42.8 Å². The smallest absolute Gasteiger partial charge is 0.254 e. The van der Waals surface area contributed by atoms with Crippen molar-refractivity contribution in [1.29, 1.82) is 0 Å². The van der Waals surface area contributed by atoms with Crippen molar-refractivity contribution in [3.8, 4) is 0 Å². The first kappa shape index (κ1) is 15.0. The van der Waals surface area contributed by atoms with E-state index < -0.39 is 0 Å². The maximum Gasteiger partial charge on any atom is 0.254 e. The van der Waals surface area contributed by atoms with E-state index in [2.05, 4.69) is 17.6 Å². The van der Waals surface area contributed by atoms with E-state index in [9.17, 15) is 9.59 Å². The van der Waals surface area contributed by atoms with Crippen LogP contribution in [0.5, 0.6) is 0 Å². The Morgan fingerprint density at radius 3 is 2.77 bits per heavy atom. The zero-order valence-corrected chi connectivity index (χ0v) is 13.1. The largest absolute Gasteiger partial charge is 0.333 e. The van der Waals surface area contributed by atoms with Crippen molar-refractivity contribution in [2.45, 2.75) is 26.3 Å². The third-order valence-electron chi connectivity index (χ3n) is 4.59. The second-order valence-corrected chi connectivity index (χ2v) is 6.44. The van der Waals surface area contributed by atoms with E-state index in [0.29, 0.717) is 17.2 Å². The molecule has 2 amide bonds. The Morgan fingerprint density at radius 2 is 2.09 bits per heavy atom. The van der Waals surface area contributed by atoms with E-state index >= 15 is 0 Å².